The van der Waals surface area contributed by atoms with Crippen molar-refractivity contribution < 1.29 is 0 Å². The number of hydrogen-bond donors (Lipinski definition) is 1. The van der Waals surface area contributed by atoms with Crippen LogP contribution in [0.25, 0.3) is 16.9 Å². The SMILES string of the molecule is CC1(C)Cc2[nH]nc(-c3ccc4nc(C5(c6ccccc6)CC5)cn4c3)c2C1. The van der Waals surface area contributed by atoms with Gasteiger partial charge in [0.05, 0.1) is 11.4 Å². The van der Waals surface area contributed by atoms with Crippen molar-refractivity contribution in [3.63, 3.8) is 0 Å². The zero-order chi connectivity index (χ0) is 18.9. The van der Waals surface area contributed by atoms with Crippen molar-refractivity contribution in [3.05, 3.63) is 77.4 Å². The molecule has 0 radical (unpaired) electrons. The number of aromatic nitrogens is 4. The van der Waals surface area contributed by atoms with Gasteiger partial charge in [0.25, 0.3) is 0 Å². The Morgan fingerprint density at radius 3 is 2.57 bits per heavy atom. The number of rotatable bonds is 3. The number of H-pyrrole nitrogens is 1. The average molecular weight is 368 g/mol. The summed E-state index contributed by atoms with van der Waals surface area (Å²) in [6, 6.07) is 15.1. The molecule has 3 aromatic heterocycles. The first-order valence-electron chi connectivity index (χ1n) is 10.2. The molecule has 6 rings (SSSR count). The Morgan fingerprint density at radius 2 is 1.79 bits per heavy atom. The molecule has 4 heteroatoms. The molecule has 2 aliphatic carbocycles. The molecule has 0 amide bonds. The van der Waals surface area contributed by atoms with Gasteiger partial charge in [0, 0.05) is 34.6 Å². The standard InChI is InChI=1S/C24H24N4/c1-23(2)12-18-19(13-23)26-27-22(18)16-8-9-21-25-20(15-28(21)14-16)24(10-11-24)17-6-4-3-5-7-17/h3-9,14-15H,10-13H2,1-2H3,(H,26,27). The van der Waals surface area contributed by atoms with Crippen LogP contribution in [0.5, 0.6) is 0 Å². The van der Waals surface area contributed by atoms with Gasteiger partial charge < -0.3 is 4.40 Å². The van der Waals surface area contributed by atoms with E-state index in [1.807, 2.05) is 0 Å². The first-order valence-corrected chi connectivity index (χ1v) is 10.2. The third-order valence-electron chi connectivity index (χ3n) is 6.55. The molecular weight excluding hydrogens is 344 g/mol. The predicted molar refractivity (Wildman–Crippen MR) is 110 cm³/mol. The second kappa shape index (κ2) is 5.34. The van der Waals surface area contributed by atoms with Crippen LogP contribution in [-0.4, -0.2) is 19.6 Å². The molecule has 0 unspecified atom stereocenters. The molecule has 28 heavy (non-hydrogen) atoms. The van der Waals surface area contributed by atoms with E-state index in [0.29, 0.717) is 5.41 Å². The number of nitrogens with one attached hydrogen (secondary N) is 1. The molecule has 4 nitrogen and oxygen atoms in total. The maximum Gasteiger partial charge on any atom is 0.137 e. The minimum atomic E-state index is 0.102. The summed E-state index contributed by atoms with van der Waals surface area (Å²) in [5, 5.41) is 7.91. The van der Waals surface area contributed by atoms with Crippen LogP contribution in [0.4, 0.5) is 0 Å². The van der Waals surface area contributed by atoms with Gasteiger partial charge in [-0.3, -0.25) is 5.10 Å². The maximum absolute atomic E-state index is 4.98. The highest BCUT2D eigenvalue weighted by atomic mass is 15.1. The van der Waals surface area contributed by atoms with Crippen LogP contribution in [0.2, 0.25) is 0 Å². The first kappa shape index (κ1) is 16.1. The fourth-order valence-electron chi connectivity index (χ4n) is 4.93. The topological polar surface area (TPSA) is 46.0 Å². The number of imidazole rings is 1. The highest BCUT2D eigenvalue weighted by molar-refractivity contribution is 5.66. The lowest BCUT2D eigenvalue weighted by atomic mass is 9.90. The smallest absolute Gasteiger partial charge is 0.137 e. The van der Waals surface area contributed by atoms with E-state index in [9.17, 15) is 0 Å². The Morgan fingerprint density at radius 1 is 0.964 bits per heavy atom. The molecule has 1 N–H and O–H groups in total. The number of aromatic amines is 1. The summed E-state index contributed by atoms with van der Waals surface area (Å²) in [6.07, 6.45) is 8.92. The summed E-state index contributed by atoms with van der Waals surface area (Å²) in [5.74, 6) is 0. The molecule has 140 valence electrons. The summed E-state index contributed by atoms with van der Waals surface area (Å²) in [7, 11) is 0. The summed E-state index contributed by atoms with van der Waals surface area (Å²) >= 11 is 0. The van der Waals surface area contributed by atoms with Crippen molar-refractivity contribution >= 4 is 5.65 Å². The molecule has 2 aliphatic rings. The first-order chi connectivity index (χ1) is 13.5. The van der Waals surface area contributed by atoms with Gasteiger partial charge in [-0.15, -0.1) is 0 Å². The zero-order valence-electron chi connectivity index (χ0n) is 16.4. The molecule has 0 bridgehead atoms. The van der Waals surface area contributed by atoms with Gasteiger partial charge in [0.2, 0.25) is 0 Å². The van der Waals surface area contributed by atoms with Crippen molar-refractivity contribution in [2.24, 2.45) is 5.41 Å². The third kappa shape index (κ3) is 2.30. The van der Waals surface area contributed by atoms with Crippen molar-refractivity contribution in [1.29, 1.82) is 0 Å². The summed E-state index contributed by atoms with van der Waals surface area (Å²) in [6.45, 7) is 4.66. The normalized spacial score (nSPS) is 19.1. The molecule has 1 fully saturated rings. The molecule has 0 spiro atoms. The summed E-state index contributed by atoms with van der Waals surface area (Å²) in [5.41, 5.74) is 8.94. The number of nitrogens with zero attached hydrogens (tertiary/aromatic N) is 3. The van der Waals surface area contributed by atoms with E-state index in [1.165, 1.54) is 35.4 Å². The lowest BCUT2D eigenvalue weighted by molar-refractivity contribution is 0.388. The Balaban J connectivity index is 1.41. The van der Waals surface area contributed by atoms with Crippen molar-refractivity contribution in [1.82, 2.24) is 19.6 Å². The monoisotopic (exact) mass is 368 g/mol. The molecular formula is C24H24N4. The second-order valence-corrected chi connectivity index (χ2v) is 9.30. The van der Waals surface area contributed by atoms with Crippen molar-refractivity contribution in [2.75, 3.05) is 0 Å². The molecule has 1 saturated carbocycles. The van der Waals surface area contributed by atoms with E-state index in [2.05, 4.69) is 83.3 Å². The van der Waals surface area contributed by atoms with Gasteiger partial charge in [-0.05, 0) is 48.8 Å². The number of pyridine rings is 1. The molecule has 0 atom stereocenters. The number of benzene rings is 1. The van der Waals surface area contributed by atoms with Gasteiger partial charge in [0.1, 0.15) is 5.65 Å². The van der Waals surface area contributed by atoms with Gasteiger partial charge in [-0.1, -0.05) is 44.2 Å². The van der Waals surface area contributed by atoms with E-state index in [4.69, 9.17) is 4.98 Å². The number of hydrogen-bond acceptors (Lipinski definition) is 2. The Labute approximate surface area is 164 Å². The fraction of sp³-hybridized carbons (Fsp3) is 0.333. The molecule has 4 aromatic rings. The highest BCUT2D eigenvalue weighted by Crippen LogP contribution is 2.53. The van der Waals surface area contributed by atoms with E-state index >= 15 is 0 Å². The molecule has 0 saturated heterocycles. The van der Waals surface area contributed by atoms with E-state index in [1.54, 1.807) is 0 Å². The van der Waals surface area contributed by atoms with Crippen molar-refractivity contribution in [2.45, 2.75) is 44.9 Å². The van der Waals surface area contributed by atoms with E-state index < -0.39 is 0 Å². The van der Waals surface area contributed by atoms with Crippen LogP contribution in [0.1, 0.15) is 49.2 Å². The molecule has 0 aliphatic heterocycles. The van der Waals surface area contributed by atoms with Crippen molar-refractivity contribution in [3.8, 4) is 11.3 Å². The maximum atomic E-state index is 4.98. The van der Waals surface area contributed by atoms with Gasteiger partial charge in [-0.25, -0.2) is 4.98 Å². The Hall–Kier alpha value is -2.88. The van der Waals surface area contributed by atoms with E-state index in [-0.39, 0.29) is 5.41 Å². The van der Waals surface area contributed by atoms with Crippen LogP contribution in [0.15, 0.2) is 54.9 Å². The molecule has 1 aromatic carbocycles. The van der Waals surface area contributed by atoms with Crippen LogP contribution < -0.4 is 0 Å². The zero-order valence-corrected chi connectivity index (χ0v) is 16.4. The predicted octanol–water partition coefficient (Wildman–Crippen LogP) is 4.93. The Kier molecular flexibility index (Phi) is 3.07. The largest absolute Gasteiger partial charge is 0.306 e. The van der Waals surface area contributed by atoms with E-state index in [0.717, 1.165) is 29.7 Å². The lowest BCUT2D eigenvalue weighted by Gasteiger charge is -2.15. The summed E-state index contributed by atoms with van der Waals surface area (Å²) in [4.78, 5) is 4.98. The van der Waals surface area contributed by atoms with Gasteiger partial charge in [-0.2, -0.15) is 5.10 Å². The summed E-state index contributed by atoms with van der Waals surface area (Å²) < 4.78 is 2.18. The molecule has 3 heterocycles. The lowest BCUT2D eigenvalue weighted by Crippen LogP contribution is -2.11. The van der Waals surface area contributed by atoms with Gasteiger partial charge >= 0.3 is 0 Å². The second-order valence-electron chi connectivity index (χ2n) is 9.30. The third-order valence-corrected chi connectivity index (χ3v) is 6.55. The highest BCUT2D eigenvalue weighted by Gasteiger charge is 2.47. The fourth-order valence-corrected chi connectivity index (χ4v) is 4.93. The van der Waals surface area contributed by atoms with Gasteiger partial charge in [0.15, 0.2) is 0 Å². The Bertz CT molecular complexity index is 1190. The quantitative estimate of drug-likeness (QED) is 0.557. The van der Waals surface area contributed by atoms with Crippen LogP contribution in [-0.2, 0) is 18.3 Å². The minimum Gasteiger partial charge on any atom is -0.306 e. The van der Waals surface area contributed by atoms with Crippen LogP contribution >= 0.6 is 0 Å². The van der Waals surface area contributed by atoms with Crippen LogP contribution in [0.3, 0.4) is 0 Å². The average Bonchev–Trinajstić information content (AvgIpc) is 3.11. The number of fused-ring (bicyclic) bond motifs is 2. The van der Waals surface area contributed by atoms with Crippen LogP contribution in [0, 0.1) is 5.41 Å². The minimum absolute atomic E-state index is 0.102.